The maximum absolute atomic E-state index is 8.66. The first-order valence-corrected chi connectivity index (χ1v) is 6.69. The summed E-state index contributed by atoms with van der Waals surface area (Å²) in [6, 6.07) is 7.81. The Morgan fingerprint density at radius 3 is 2.89 bits per heavy atom. The van der Waals surface area contributed by atoms with E-state index in [2.05, 4.69) is 18.8 Å². The molecular formula is C16H22O2. The van der Waals surface area contributed by atoms with E-state index >= 15 is 0 Å². The topological polar surface area (TPSA) is 29.5 Å². The second-order valence-corrected chi connectivity index (χ2v) is 4.21. The number of ether oxygens (including phenoxy) is 1. The van der Waals surface area contributed by atoms with Gasteiger partial charge in [-0.25, -0.2) is 0 Å². The summed E-state index contributed by atoms with van der Waals surface area (Å²) in [6.07, 6.45) is 5.37. The fourth-order valence-corrected chi connectivity index (χ4v) is 1.60. The van der Waals surface area contributed by atoms with Crippen molar-refractivity contribution in [3.05, 3.63) is 29.8 Å². The molecule has 1 rings (SSSR count). The van der Waals surface area contributed by atoms with Crippen LogP contribution in [-0.2, 0) is 0 Å². The predicted molar refractivity (Wildman–Crippen MR) is 74.7 cm³/mol. The minimum absolute atomic E-state index is 0.112. The molecule has 0 unspecified atom stereocenters. The summed E-state index contributed by atoms with van der Waals surface area (Å²) in [5.74, 6) is 6.79. The van der Waals surface area contributed by atoms with Crippen molar-refractivity contribution in [2.75, 3.05) is 13.2 Å². The van der Waals surface area contributed by atoms with Gasteiger partial charge in [0, 0.05) is 12.0 Å². The molecule has 0 fully saturated rings. The molecule has 18 heavy (non-hydrogen) atoms. The lowest BCUT2D eigenvalue weighted by Crippen LogP contribution is -1.97. The van der Waals surface area contributed by atoms with Crippen molar-refractivity contribution in [1.29, 1.82) is 0 Å². The van der Waals surface area contributed by atoms with Crippen molar-refractivity contribution < 1.29 is 9.84 Å². The molecule has 1 aromatic rings. The summed E-state index contributed by atoms with van der Waals surface area (Å²) in [5, 5.41) is 8.66. The van der Waals surface area contributed by atoms with Crippen molar-refractivity contribution in [2.24, 2.45) is 0 Å². The van der Waals surface area contributed by atoms with Gasteiger partial charge in [0.1, 0.15) is 5.75 Å². The number of benzene rings is 1. The average Bonchev–Trinajstić information content (AvgIpc) is 2.39. The number of unbranched alkanes of at least 4 members (excludes halogenated alkanes) is 3. The lowest BCUT2D eigenvalue weighted by molar-refractivity contribution is 0.305. The Bertz CT molecular complexity index is 388. The van der Waals surface area contributed by atoms with Gasteiger partial charge in [0.2, 0.25) is 0 Å². The van der Waals surface area contributed by atoms with Gasteiger partial charge in [-0.15, -0.1) is 0 Å². The second kappa shape index (κ2) is 9.56. The Morgan fingerprint density at radius 2 is 2.11 bits per heavy atom. The highest BCUT2D eigenvalue weighted by atomic mass is 16.5. The SMILES string of the molecule is CCCCCCOc1cccc(C#CCCO)c1. The number of rotatable bonds is 7. The largest absolute Gasteiger partial charge is 0.494 e. The summed E-state index contributed by atoms with van der Waals surface area (Å²) < 4.78 is 5.68. The molecule has 0 aliphatic rings. The van der Waals surface area contributed by atoms with Crippen LogP contribution in [-0.4, -0.2) is 18.3 Å². The molecule has 98 valence electrons. The molecule has 0 aliphatic heterocycles. The third-order valence-electron chi connectivity index (χ3n) is 2.57. The van der Waals surface area contributed by atoms with Gasteiger partial charge in [-0.1, -0.05) is 44.1 Å². The first-order valence-electron chi connectivity index (χ1n) is 6.69. The highest BCUT2D eigenvalue weighted by Gasteiger charge is 1.95. The molecule has 0 spiro atoms. The lowest BCUT2D eigenvalue weighted by atomic mass is 10.2. The van der Waals surface area contributed by atoms with Gasteiger partial charge in [-0.05, 0) is 24.6 Å². The first kappa shape index (κ1) is 14.6. The van der Waals surface area contributed by atoms with Gasteiger partial charge < -0.3 is 9.84 Å². The van der Waals surface area contributed by atoms with Gasteiger partial charge >= 0.3 is 0 Å². The third kappa shape index (κ3) is 6.32. The molecule has 0 heterocycles. The molecule has 0 amide bonds. The fraction of sp³-hybridized carbons (Fsp3) is 0.500. The Morgan fingerprint density at radius 1 is 1.22 bits per heavy atom. The molecule has 2 nitrogen and oxygen atoms in total. The Hall–Kier alpha value is -1.46. The molecule has 2 heteroatoms. The van der Waals surface area contributed by atoms with Crippen LogP contribution in [0.3, 0.4) is 0 Å². The van der Waals surface area contributed by atoms with E-state index in [0.717, 1.165) is 24.3 Å². The average molecular weight is 246 g/mol. The minimum Gasteiger partial charge on any atom is -0.494 e. The van der Waals surface area contributed by atoms with E-state index in [9.17, 15) is 0 Å². The molecular weight excluding hydrogens is 224 g/mol. The van der Waals surface area contributed by atoms with Crippen LogP contribution in [0.1, 0.15) is 44.6 Å². The van der Waals surface area contributed by atoms with Gasteiger partial charge in [-0.2, -0.15) is 0 Å². The summed E-state index contributed by atoms with van der Waals surface area (Å²) in [5.41, 5.74) is 0.939. The quantitative estimate of drug-likeness (QED) is 0.590. The summed E-state index contributed by atoms with van der Waals surface area (Å²) in [6.45, 7) is 3.09. The molecule has 0 radical (unpaired) electrons. The summed E-state index contributed by atoms with van der Waals surface area (Å²) in [4.78, 5) is 0. The van der Waals surface area contributed by atoms with E-state index < -0.39 is 0 Å². The van der Waals surface area contributed by atoms with Crippen molar-refractivity contribution in [1.82, 2.24) is 0 Å². The number of aliphatic hydroxyl groups is 1. The van der Waals surface area contributed by atoms with Crippen molar-refractivity contribution in [2.45, 2.75) is 39.0 Å². The van der Waals surface area contributed by atoms with Gasteiger partial charge in [0.15, 0.2) is 0 Å². The van der Waals surface area contributed by atoms with Crippen molar-refractivity contribution >= 4 is 0 Å². The first-order chi connectivity index (χ1) is 8.86. The molecule has 1 aromatic carbocycles. The van der Waals surface area contributed by atoms with Crippen LogP contribution in [0.5, 0.6) is 5.75 Å². The highest BCUT2D eigenvalue weighted by molar-refractivity contribution is 5.39. The number of hydrogen-bond acceptors (Lipinski definition) is 2. The molecule has 0 aliphatic carbocycles. The Labute approximate surface area is 110 Å². The van der Waals surface area contributed by atoms with Crippen LogP contribution in [0.25, 0.3) is 0 Å². The number of aliphatic hydroxyl groups excluding tert-OH is 1. The minimum atomic E-state index is 0.112. The summed E-state index contributed by atoms with van der Waals surface area (Å²) in [7, 11) is 0. The van der Waals surface area contributed by atoms with E-state index in [4.69, 9.17) is 9.84 Å². The molecule has 0 aromatic heterocycles. The summed E-state index contributed by atoms with van der Waals surface area (Å²) >= 11 is 0. The fourth-order valence-electron chi connectivity index (χ4n) is 1.60. The molecule has 0 bridgehead atoms. The van der Waals surface area contributed by atoms with Crippen LogP contribution < -0.4 is 4.74 Å². The van der Waals surface area contributed by atoms with E-state index in [0.29, 0.717) is 6.42 Å². The van der Waals surface area contributed by atoms with E-state index in [-0.39, 0.29) is 6.61 Å². The molecule has 1 N–H and O–H groups in total. The maximum Gasteiger partial charge on any atom is 0.120 e. The van der Waals surface area contributed by atoms with Crippen molar-refractivity contribution in [3.63, 3.8) is 0 Å². The third-order valence-corrected chi connectivity index (χ3v) is 2.57. The molecule has 0 atom stereocenters. The van der Waals surface area contributed by atoms with Gasteiger partial charge in [-0.3, -0.25) is 0 Å². The van der Waals surface area contributed by atoms with E-state index in [1.54, 1.807) is 0 Å². The monoisotopic (exact) mass is 246 g/mol. The number of hydrogen-bond donors (Lipinski definition) is 1. The zero-order valence-corrected chi connectivity index (χ0v) is 11.1. The van der Waals surface area contributed by atoms with Crippen LogP contribution in [0.2, 0.25) is 0 Å². The van der Waals surface area contributed by atoms with Crippen molar-refractivity contribution in [3.8, 4) is 17.6 Å². The molecule has 0 saturated heterocycles. The van der Waals surface area contributed by atoms with Crippen LogP contribution in [0.15, 0.2) is 24.3 Å². The maximum atomic E-state index is 8.66. The highest BCUT2D eigenvalue weighted by Crippen LogP contribution is 2.13. The zero-order chi connectivity index (χ0) is 13.1. The van der Waals surface area contributed by atoms with Gasteiger partial charge in [0.05, 0.1) is 13.2 Å². The normalized spacial score (nSPS) is 9.67. The Kier molecular flexibility index (Phi) is 7.75. The van der Waals surface area contributed by atoms with Crippen LogP contribution in [0.4, 0.5) is 0 Å². The van der Waals surface area contributed by atoms with E-state index in [1.807, 2.05) is 24.3 Å². The smallest absolute Gasteiger partial charge is 0.120 e. The van der Waals surface area contributed by atoms with E-state index in [1.165, 1.54) is 19.3 Å². The lowest BCUT2D eigenvalue weighted by Gasteiger charge is -2.05. The second-order valence-electron chi connectivity index (χ2n) is 4.21. The molecule has 0 saturated carbocycles. The standard InChI is InChI=1S/C16H22O2/c1-2-3-4-7-13-18-16-11-8-10-15(14-16)9-5-6-12-17/h8,10-11,14,17H,2-4,6-7,12-13H2,1H3. The Balaban J connectivity index is 2.38. The zero-order valence-electron chi connectivity index (χ0n) is 11.1. The van der Waals surface area contributed by atoms with Gasteiger partial charge in [0.25, 0.3) is 0 Å². The van der Waals surface area contributed by atoms with Crippen LogP contribution >= 0.6 is 0 Å². The van der Waals surface area contributed by atoms with Crippen LogP contribution in [0, 0.1) is 11.8 Å². The predicted octanol–water partition coefficient (Wildman–Crippen LogP) is 3.38.